The molecule has 0 amide bonds. The number of aromatic nitrogens is 3. The van der Waals surface area contributed by atoms with E-state index >= 15 is 0 Å². The molecule has 4 N–H and O–H groups in total. The number of hydrogen-bond acceptors (Lipinski definition) is 2. The molecule has 3 aromatic rings. The highest BCUT2D eigenvalue weighted by Gasteiger charge is 2.31. The summed E-state index contributed by atoms with van der Waals surface area (Å²) in [5, 5.41) is 1.09. The minimum Gasteiger partial charge on any atom is -0.412 e. The van der Waals surface area contributed by atoms with Crippen LogP contribution in [0.4, 0.5) is 0 Å². The van der Waals surface area contributed by atoms with E-state index in [0.717, 1.165) is 35.9 Å². The van der Waals surface area contributed by atoms with Crippen LogP contribution < -0.4 is 0 Å². The van der Waals surface area contributed by atoms with Gasteiger partial charge in [-0.1, -0.05) is 18.2 Å². The summed E-state index contributed by atoms with van der Waals surface area (Å²) in [7, 11) is 2.06. The molecule has 1 aromatic carbocycles. The second kappa shape index (κ2) is 7.61. The second-order valence-electron chi connectivity index (χ2n) is 5.76. The van der Waals surface area contributed by atoms with Crippen molar-refractivity contribution in [3.8, 4) is 0 Å². The lowest BCUT2D eigenvalue weighted by molar-refractivity contribution is 0.0888. The lowest BCUT2D eigenvalue weighted by atomic mass is 9.85. The van der Waals surface area contributed by atoms with Crippen LogP contribution in [0.1, 0.15) is 22.5 Å². The fraction of sp³-hybridized carbons (Fsp3) is 0.294. The summed E-state index contributed by atoms with van der Waals surface area (Å²) in [5.41, 5.74) is 3.27. The minimum absolute atomic E-state index is 0. The van der Waals surface area contributed by atoms with E-state index < -0.39 is 0 Å². The van der Waals surface area contributed by atoms with Crippen LogP contribution in [0.2, 0.25) is 0 Å². The number of halogens is 1. The fourth-order valence-electron chi connectivity index (χ4n) is 3.48. The van der Waals surface area contributed by atoms with Crippen LogP contribution >= 0.6 is 12.4 Å². The molecule has 0 radical (unpaired) electrons. The zero-order valence-corrected chi connectivity index (χ0v) is 14.2. The van der Waals surface area contributed by atoms with Gasteiger partial charge < -0.3 is 20.1 Å². The van der Waals surface area contributed by atoms with E-state index in [2.05, 4.69) is 28.7 Å². The quantitative estimate of drug-likeness (QED) is 0.699. The molecule has 1 atom stereocenters. The molecule has 1 unspecified atom stereocenters. The first kappa shape index (κ1) is 19.9. The standard InChI is InChI=1S/C17H17N3O.ClH.2H2O/c1-19-14-5-3-2-4-13(14)16-15(19)7-6-12(17(16)21)10-20-9-8-18-11-20;;;/h2-5,8-9,11-12H,6-7,10H2,1H3;1H;2*1H2. The Balaban J connectivity index is 0.000000960. The van der Waals surface area contributed by atoms with Crippen LogP contribution in [0.25, 0.3) is 10.9 Å². The Kier molecular flexibility index (Phi) is 6.31. The molecule has 2 heterocycles. The number of carbonyl (C=O) groups excluding carboxylic acids is 1. The molecule has 24 heavy (non-hydrogen) atoms. The maximum absolute atomic E-state index is 12.9. The number of Topliss-reactive ketones (excluding diaryl/α,β-unsaturated/α-hetero) is 1. The van der Waals surface area contributed by atoms with Crippen LogP contribution in [0.3, 0.4) is 0 Å². The van der Waals surface area contributed by atoms with Gasteiger partial charge in [-0.3, -0.25) is 4.79 Å². The summed E-state index contributed by atoms with van der Waals surface area (Å²) in [6.45, 7) is 0.724. The van der Waals surface area contributed by atoms with Gasteiger partial charge in [0, 0.05) is 54.1 Å². The number of benzene rings is 1. The monoisotopic (exact) mass is 351 g/mol. The van der Waals surface area contributed by atoms with E-state index in [1.807, 2.05) is 22.9 Å². The zero-order valence-electron chi connectivity index (χ0n) is 13.4. The normalized spacial score (nSPS) is 15.9. The highest BCUT2D eigenvalue weighted by molar-refractivity contribution is 6.11. The third-order valence-corrected chi connectivity index (χ3v) is 4.57. The first-order valence-corrected chi connectivity index (χ1v) is 7.32. The molecule has 0 saturated heterocycles. The Hall–Kier alpha value is -2.15. The number of para-hydroxylation sites is 1. The first-order chi connectivity index (χ1) is 10.3. The molecule has 6 nitrogen and oxygen atoms in total. The van der Waals surface area contributed by atoms with Crippen LogP contribution in [-0.4, -0.2) is 30.9 Å². The lowest BCUT2D eigenvalue weighted by Gasteiger charge is -2.22. The van der Waals surface area contributed by atoms with Gasteiger partial charge in [0.1, 0.15) is 0 Å². The van der Waals surface area contributed by atoms with Crippen molar-refractivity contribution in [2.75, 3.05) is 0 Å². The van der Waals surface area contributed by atoms with Gasteiger partial charge in [0.25, 0.3) is 0 Å². The van der Waals surface area contributed by atoms with E-state index in [0.29, 0.717) is 0 Å². The van der Waals surface area contributed by atoms with Gasteiger partial charge >= 0.3 is 0 Å². The van der Waals surface area contributed by atoms with E-state index in [4.69, 9.17) is 0 Å². The maximum Gasteiger partial charge on any atom is 0.170 e. The van der Waals surface area contributed by atoms with Gasteiger partial charge in [-0.2, -0.15) is 0 Å². The van der Waals surface area contributed by atoms with Crippen molar-refractivity contribution in [3.05, 3.63) is 54.2 Å². The summed E-state index contributed by atoms with van der Waals surface area (Å²) in [4.78, 5) is 17.0. The molecule has 0 bridgehead atoms. The van der Waals surface area contributed by atoms with Gasteiger partial charge in [-0.05, 0) is 18.9 Å². The number of imidazole rings is 1. The van der Waals surface area contributed by atoms with Crippen LogP contribution in [0.15, 0.2) is 43.0 Å². The third kappa shape index (κ3) is 2.96. The van der Waals surface area contributed by atoms with Crippen LogP contribution in [0, 0.1) is 5.92 Å². The van der Waals surface area contributed by atoms with E-state index in [1.54, 1.807) is 12.5 Å². The summed E-state index contributed by atoms with van der Waals surface area (Å²) in [6.07, 6.45) is 7.34. The van der Waals surface area contributed by atoms with Gasteiger partial charge in [0.15, 0.2) is 5.78 Å². The van der Waals surface area contributed by atoms with Gasteiger partial charge in [-0.25, -0.2) is 4.98 Å². The average Bonchev–Trinajstić information content (AvgIpc) is 3.10. The van der Waals surface area contributed by atoms with E-state index in [1.165, 1.54) is 5.69 Å². The minimum atomic E-state index is 0. The summed E-state index contributed by atoms with van der Waals surface area (Å²) >= 11 is 0. The predicted molar refractivity (Wildman–Crippen MR) is 95.8 cm³/mol. The number of carbonyl (C=O) groups is 1. The lowest BCUT2D eigenvalue weighted by Crippen LogP contribution is -2.26. The smallest absolute Gasteiger partial charge is 0.170 e. The number of fused-ring (bicyclic) bond motifs is 3. The SMILES string of the molecule is Cl.Cn1c2c(c3ccccc31)C(=O)C(Cn1ccnc1)CC2.O.O. The number of aryl methyl sites for hydroxylation is 1. The van der Waals surface area contributed by atoms with E-state index in [-0.39, 0.29) is 35.1 Å². The highest BCUT2D eigenvalue weighted by Crippen LogP contribution is 2.34. The zero-order chi connectivity index (χ0) is 14.4. The Morgan fingerprint density at radius 2 is 2.00 bits per heavy atom. The van der Waals surface area contributed by atoms with Crippen LogP contribution in [-0.2, 0) is 20.0 Å². The highest BCUT2D eigenvalue weighted by atomic mass is 35.5. The number of rotatable bonds is 2. The van der Waals surface area contributed by atoms with Crippen molar-refractivity contribution in [2.45, 2.75) is 19.4 Å². The molecular weight excluding hydrogens is 330 g/mol. The molecule has 2 aromatic heterocycles. The second-order valence-corrected chi connectivity index (χ2v) is 5.76. The molecule has 4 rings (SSSR count). The molecule has 7 heteroatoms. The molecule has 0 fully saturated rings. The fourth-order valence-corrected chi connectivity index (χ4v) is 3.48. The Morgan fingerprint density at radius 1 is 1.25 bits per heavy atom. The van der Waals surface area contributed by atoms with E-state index in [9.17, 15) is 4.79 Å². The van der Waals surface area contributed by atoms with Crippen LogP contribution in [0.5, 0.6) is 0 Å². The molecule has 0 spiro atoms. The van der Waals surface area contributed by atoms with Crippen molar-refractivity contribution in [1.29, 1.82) is 0 Å². The van der Waals surface area contributed by atoms with Gasteiger partial charge in [0.05, 0.1) is 6.33 Å². The summed E-state index contributed by atoms with van der Waals surface area (Å²) < 4.78 is 4.18. The Bertz CT molecular complexity index is 827. The topological polar surface area (TPSA) is 103 Å². The maximum atomic E-state index is 12.9. The number of ketones is 1. The van der Waals surface area contributed by atoms with Crippen molar-refractivity contribution in [2.24, 2.45) is 13.0 Å². The first-order valence-electron chi connectivity index (χ1n) is 7.32. The third-order valence-electron chi connectivity index (χ3n) is 4.57. The number of hydrogen-bond donors (Lipinski definition) is 0. The summed E-state index contributed by atoms with van der Waals surface area (Å²) in [5.74, 6) is 0.333. The molecule has 1 aliphatic carbocycles. The van der Waals surface area contributed by atoms with Crippen molar-refractivity contribution in [3.63, 3.8) is 0 Å². The van der Waals surface area contributed by atoms with Crippen molar-refractivity contribution >= 4 is 29.1 Å². The largest absolute Gasteiger partial charge is 0.412 e. The predicted octanol–water partition coefficient (Wildman–Crippen LogP) is 1.59. The average molecular weight is 352 g/mol. The molecule has 0 saturated carbocycles. The number of nitrogens with zero attached hydrogens (tertiary/aromatic N) is 3. The molecule has 1 aliphatic rings. The summed E-state index contributed by atoms with van der Waals surface area (Å²) in [6, 6.07) is 8.19. The molecular formula is C17H22ClN3O3. The van der Waals surface area contributed by atoms with Gasteiger partial charge in [-0.15, -0.1) is 12.4 Å². The Labute approximate surface area is 146 Å². The Morgan fingerprint density at radius 3 is 2.71 bits per heavy atom. The molecule has 130 valence electrons. The van der Waals surface area contributed by atoms with Crippen molar-refractivity contribution < 1.29 is 15.7 Å². The van der Waals surface area contributed by atoms with Crippen molar-refractivity contribution in [1.82, 2.24) is 14.1 Å². The molecule has 0 aliphatic heterocycles. The van der Waals surface area contributed by atoms with Gasteiger partial charge in [0.2, 0.25) is 0 Å².